The average molecular weight is 445 g/mol. The van der Waals surface area contributed by atoms with E-state index in [1.165, 1.54) is 0 Å². The molecule has 3 atom stereocenters. The van der Waals surface area contributed by atoms with Gasteiger partial charge in [-0.15, -0.1) is 0 Å². The predicted octanol–water partition coefficient (Wildman–Crippen LogP) is -4.25. The number of amides is 5. The second-order valence-corrected chi connectivity index (χ2v) is 6.80. The SMILES string of the molecule is NCCCCC(NC(=O)C(CC(N)=O)NC(=O)CNC(=O)C(N)CCC(N)=O)C(=O)O. The number of carbonyl (C=O) groups excluding carboxylic acids is 5. The summed E-state index contributed by atoms with van der Waals surface area (Å²) < 4.78 is 0. The standard InChI is InChI=1S/C17H31N7O7/c18-6-2-1-3-10(17(30)31)24-16(29)11(7-13(21)26)23-14(27)8-22-15(28)9(19)4-5-12(20)25/h9-11H,1-8,18-19H2,(H2,20,25)(H2,21,26)(H,22,28)(H,23,27)(H,24,29)(H,30,31). The van der Waals surface area contributed by atoms with E-state index in [1.807, 2.05) is 0 Å². The van der Waals surface area contributed by atoms with E-state index in [9.17, 15) is 33.9 Å². The molecule has 0 bridgehead atoms. The Morgan fingerprint density at radius 2 is 1.48 bits per heavy atom. The second kappa shape index (κ2) is 14.7. The molecule has 5 amide bonds. The molecule has 3 unspecified atom stereocenters. The van der Waals surface area contributed by atoms with Crippen LogP contribution in [0, 0.1) is 0 Å². The smallest absolute Gasteiger partial charge is 0.326 e. The molecule has 0 aliphatic heterocycles. The molecule has 0 saturated heterocycles. The van der Waals surface area contributed by atoms with E-state index in [4.69, 9.17) is 22.9 Å². The molecule has 0 heterocycles. The molecule has 14 heteroatoms. The van der Waals surface area contributed by atoms with Gasteiger partial charge in [-0.05, 0) is 32.2 Å². The molecule has 0 aliphatic rings. The maximum atomic E-state index is 12.4. The van der Waals surface area contributed by atoms with Crippen LogP contribution in [-0.2, 0) is 28.8 Å². The maximum Gasteiger partial charge on any atom is 0.326 e. The Morgan fingerprint density at radius 1 is 0.839 bits per heavy atom. The van der Waals surface area contributed by atoms with Gasteiger partial charge in [0.15, 0.2) is 0 Å². The fraction of sp³-hybridized carbons (Fsp3) is 0.647. The number of hydrogen-bond donors (Lipinski definition) is 8. The van der Waals surface area contributed by atoms with Gasteiger partial charge in [0.25, 0.3) is 0 Å². The quantitative estimate of drug-likeness (QED) is 0.107. The molecule has 12 N–H and O–H groups in total. The Morgan fingerprint density at radius 3 is 2.00 bits per heavy atom. The second-order valence-electron chi connectivity index (χ2n) is 6.80. The van der Waals surface area contributed by atoms with Crippen molar-refractivity contribution in [3.8, 4) is 0 Å². The molecule has 0 rings (SSSR count). The van der Waals surface area contributed by atoms with Gasteiger partial charge < -0.3 is 44.0 Å². The number of aliphatic carboxylic acids is 1. The van der Waals surface area contributed by atoms with Gasteiger partial charge in [-0.3, -0.25) is 24.0 Å². The van der Waals surface area contributed by atoms with Gasteiger partial charge in [0.2, 0.25) is 29.5 Å². The molecule has 0 aromatic rings. The van der Waals surface area contributed by atoms with Crippen molar-refractivity contribution in [1.29, 1.82) is 0 Å². The minimum Gasteiger partial charge on any atom is -0.480 e. The minimum atomic E-state index is -1.44. The third-order valence-electron chi connectivity index (χ3n) is 4.08. The number of carboxylic acid groups (broad SMARTS) is 1. The summed E-state index contributed by atoms with van der Waals surface area (Å²) in [5, 5.41) is 15.9. The number of rotatable bonds is 16. The summed E-state index contributed by atoms with van der Waals surface area (Å²) in [6, 6.07) is -3.76. The van der Waals surface area contributed by atoms with Crippen molar-refractivity contribution < 1.29 is 33.9 Å². The molecule has 0 aromatic heterocycles. The zero-order valence-corrected chi connectivity index (χ0v) is 17.1. The number of nitrogens with one attached hydrogen (secondary N) is 3. The number of carbonyl (C=O) groups is 6. The normalized spacial score (nSPS) is 13.4. The van der Waals surface area contributed by atoms with E-state index < -0.39 is 66.6 Å². The van der Waals surface area contributed by atoms with Crippen molar-refractivity contribution in [3.05, 3.63) is 0 Å². The van der Waals surface area contributed by atoms with Gasteiger partial charge >= 0.3 is 5.97 Å². The maximum absolute atomic E-state index is 12.4. The first-order valence-electron chi connectivity index (χ1n) is 9.60. The molecule has 0 spiro atoms. The van der Waals surface area contributed by atoms with Crippen LogP contribution in [0.25, 0.3) is 0 Å². The van der Waals surface area contributed by atoms with Crippen LogP contribution in [0.5, 0.6) is 0 Å². The van der Waals surface area contributed by atoms with Crippen molar-refractivity contribution in [2.75, 3.05) is 13.1 Å². The van der Waals surface area contributed by atoms with Crippen molar-refractivity contribution in [1.82, 2.24) is 16.0 Å². The highest BCUT2D eigenvalue weighted by Crippen LogP contribution is 2.03. The van der Waals surface area contributed by atoms with Crippen LogP contribution < -0.4 is 38.9 Å². The van der Waals surface area contributed by atoms with Gasteiger partial charge in [-0.2, -0.15) is 0 Å². The lowest BCUT2D eigenvalue weighted by Crippen LogP contribution is -2.54. The third-order valence-corrected chi connectivity index (χ3v) is 4.08. The van der Waals surface area contributed by atoms with Crippen molar-refractivity contribution in [2.24, 2.45) is 22.9 Å². The minimum absolute atomic E-state index is 0.0176. The number of unbranched alkanes of at least 4 members (excludes halogenated alkanes) is 1. The molecule has 0 aliphatic carbocycles. The van der Waals surface area contributed by atoms with Crippen LogP contribution in [-0.4, -0.2) is 71.8 Å². The van der Waals surface area contributed by atoms with Crippen molar-refractivity contribution in [2.45, 2.75) is 56.7 Å². The van der Waals surface area contributed by atoms with E-state index in [2.05, 4.69) is 16.0 Å². The fourth-order valence-corrected chi connectivity index (χ4v) is 2.41. The van der Waals surface area contributed by atoms with Gasteiger partial charge in [0, 0.05) is 6.42 Å². The van der Waals surface area contributed by atoms with Crippen LogP contribution in [0.4, 0.5) is 0 Å². The molecule has 14 nitrogen and oxygen atoms in total. The molecule has 0 radical (unpaired) electrons. The summed E-state index contributed by atoms with van der Waals surface area (Å²) >= 11 is 0. The lowest BCUT2D eigenvalue weighted by Gasteiger charge is -2.21. The summed E-state index contributed by atoms with van der Waals surface area (Å²) in [4.78, 5) is 69.5. The van der Waals surface area contributed by atoms with E-state index in [-0.39, 0.29) is 19.3 Å². The first-order chi connectivity index (χ1) is 14.5. The lowest BCUT2D eigenvalue weighted by atomic mass is 10.1. The van der Waals surface area contributed by atoms with Gasteiger partial charge in [-0.25, -0.2) is 4.79 Å². The van der Waals surface area contributed by atoms with Crippen LogP contribution in [0.1, 0.15) is 38.5 Å². The molecule has 0 fully saturated rings. The molecule has 31 heavy (non-hydrogen) atoms. The zero-order chi connectivity index (χ0) is 24.0. The largest absolute Gasteiger partial charge is 0.480 e. The summed E-state index contributed by atoms with van der Waals surface area (Å²) in [5.74, 6) is -5.31. The van der Waals surface area contributed by atoms with E-state index in [0.29, 0.717) is 19.4 Å². The topological polar surface area (TPSA) is 263 Å². The zero-order valence-electron chi connectivity index (χ0n) is 17.1. The number of hydrogen-bond acceptors (Lipinski definition) is 8. The highest BCUT2D eigenvalue weighted by molar-refractivity contribution is 5.95. The molecule has 0 saturated carbocycles. The van der Waals surface area contributed by atoms with E-state index >= 15 is 0 Å². The number of nitrogens with two attached hydrogens (primary N) is 4. The third kappa shape index (κ3) is 12.8. The average Bonchev–Trinajstić information content (AvgIpc) is 2.68. The van der Waals surface area contributed by atoms with E-state index in [1.54, 1.807) is 0 Å². The van der Waals surface area contributed by atoms with Gasteiger partial charge in [-0.1, -0.05) is 0 Å². The van der Waals surface area contributed by atoms with Crippen molar-refractivity contribution in [3.63, 3.8) is 0 Å². The Hall–Kier alpha value is -3.26. The van der Waals surface area contributed by atoms with Gasteiger partial charge in [0.05, 0.1) is 19.0 Å². The van der Waals surface area contributed by atoms with Crippen LogP contribution in [0.15, 0.2) is 0 Å². The molecule has 176 valence electrons. The summed E-state index contributed by atoms with van der Waals surface area (Å²) in [5.41, 5.74) is 21.0. The summed E-state index contributed by atoms with van der Waals surface area (Å²) in [7, 11) is 0. The predicted molar refractivity (Wildman–Crippen MR) is 108 cm³/mol. The lowest BCUT2D eigenvalue weighted by molar-refractivity contribution is -0.142. The Kier molecular flexibility index (Phi) is 13.1. The Labute approximate surface area is 178 Å². The van der Waals surface area contributed by atoms with Crippen LogP contribution in [0.2, 0.25) is 0 Å². The fourth-order valence-electron chi connectivity index (χ4n) is 2.41. The molecule has 0 aromatic carbocycles. The number of carboxylic acids is 1. The van der Waals surface area contributed by atoms with Crippen molar-refractivity contribution >= 4 is 35.5 Å². The first-order valence-corrected chi connectivity index (χ1v) is 9.60. The van der Waals surface area contributed by atoms with E-state index in [0.717, 1.165) is 0 Å². The van der Waals surface area contributed by atoms with Gasteiger partial charge in [0.1, 0.15) is 12.1 Å². The monoisotopic (exact) mass is 445 g/mol. The number of primary amides is 2. The Balaban J connectivity index is 4.84. The summed E-state index contributed by atoms with van der Waals surface area (Å²) in [6.45, 7) is -0.219. The van der Waals surface area contributed by atoms with Crippen LogP contribution >= 0.6 is 0 Å². The Bertz CT molecular complexity index is 671. The van der Waals surface area contributed by atoms with Crippen LogP contribution in [0.3, 0.4) is 0 Å². The first kappa shape index (κ1) is 27.7. The molecular formula is C17H31N7O7. The highest BCUT2D eigenvalue weighted by atomic mass is 16.4. The molecular weight excluding hydrogens is 414 g/mol. The highest BCUT2D eigenvalue weighted by Gasteiger charge is 2.27. The summed E-state index contributed by atoms with van der Waals surface area (Å²) in [6.07, 6.45) is 0.395.